The number of carbonyl (C=O) groups excluding carboxylic acids is 3. The summed E-state index contributed by atoms with van der Waals surface area (Å²) in [6.07, 6.45) is -0.990. The lowest BCUT2D eigenvalue weighted by atomic mass is 10.2. The topological polar surface area (TPSA) is 111 Å². The molecule has 0 saturated carbocycles. The molecule has 0 unspecified atom stereocenters. The van der Waals surface area contributed by atoms with E-state index in [-0.39, 0.29) is 0 Å². The Hall–Kier alpha value is -3.26. The van der Waals surface area contributed by atoms with Crippen LogP contribution in [0.1, 0.15) is 27.6 Å². The Bertz CT molecular complexity index is 982. The zero-order chi connectivity index (χ0) is 18.7. The van der Waals surface area contributed by atoms with Crippen molar-refractivity contribution in [3.63, 3.8) is 0 Å². The molecule has 2 aromatic carbocycles. The Morgan fingerprint density at radius 1 is 1.12 bits per heavy atom. The van der Waals surface area contributed by atoms with Crippen molar-refractivity contribution in [2.45, 2.75) is 13.0 Å². The largest absolute Gasteiger partial charge is 0.449 e. The Kier molecular flexibility index (Phi) is 4.94. The molecule has 0 fully saturated rings. The van der Waals surface area contributed by atoms with Crippen molar-refractivity contribution in [2.75, 3.05) is 5.32 Å². The maximum Gasteiger partial charge on any atom is 0.338 e. The molecule has 3 N–H and O–H groups in total. The SMILES string of the molecule is C[C@H](OC(=O)c1ccc2ncsc2c1)C(=O)Nc1ccc(C(N)=O)cc1. The summed E-state index contributed by atoms with van der Waals surface area (Å²) in [4.78, 5) is 39.6. The number of rotatable bonds is 5. The molecule has 2 amide bonds. The molecule has 3 aromatic rings. The number of nitrogens with zero attached hydrogens (tertiary/aromatic N) is 1. The molecule has 0 aliphatic rings. The maximum absolute atomic E-state index is 12.2. The van der Waals surface area contributed by atoms with Crippen LogP contribution in [0.15, 0.2) is 48.0 Å². The zero-order valence-corrected chi connectivity index (χ0v) is 14.6. The minimum Gasteiger partial charge on any atom is -0.449 e. The molecule has 3 rings (SSSR count). The number of benzene rings is 2. The summed E-state index contributed by atoms with van der Waals surface area (Å²) in [6.45, 7) is 1.48. The predicted molar refractivity (Wildman–Crippen MR) is 98.1 cm³/mol. The summed E-state index contributed by atoms with van der Waals surface area (Å²) in [6, 6.07) is 11.1. The number of hydrogen-bond donors (Lipinski definition) is 2. The van der Waals surface area contributed by atoms with Gasteiger partial charge in [-0.25, -0.2) is 9.78 Å². The lowest BCUT2D eigenvalue weighted by Crippen LogP contribution is -2.30. The number of hydrogen-bond acceptors (Lipinski definition) is 6. The molecular weight excluding hydrogens is 354 g/mol. The van der Waals surface area contributed by atoms with E-state index < -0.39 is 23.9 Å². The van der Waals surface area contributed by atoms with Gasteiger partial charge in [0, 0.05) is 11.3 Å². The summed E-state index contributed by atoms with van der Waals surface area (Å²) in [7, 11) is 0. The third-order valence-corrected chi connectivity index (χ3v) is 4.45. The standard InChI is InChI=1S/C18H15N3O4S/c1-10(17(23)21-13-5-2-11(3-6-13)16(19)22)25-18(24)12-4-7-14-15(8-12)26-9-20-14/h2-10H,1H3,(H2,19,22)(H,21,23)/t10-/m0/s1. The van der Waals surface area contributed by atoms with Crippen LogP contribution in [0.2, 0.25) is 0 Å². The van der Waals surface area contributed by atoms with Crippen LogP contribution in [0.3, 0.4) is 0 Å². The third kappa shape index (κ3) is 3.86. The third-order valence-electron chi connectivity index (χ3n) is 3.66. The smallest absolute Gasteiger partial charge is 0.338 e. The van der Waals surface area contributed by atoms with Gasteiger partial charge < -0.3 is 15.8 Å². The summed E-state index contributed by atoms with van der Waals surface area (Å²) in [5, 5.41) is 2.61. The molecule has 0 saturated heterocycles. The number of carbonyl (C=O) groups is 3. The zero-order valence-electron chi connectivity index (χ0n) is 13.8. The molecule has 26 heavy (non-hydrogen) atoms. The average molecular weight is 369 g/mol. The molecule has 0 radical (unpaired) electrons. The number of aromatic nitrogens is 1. The normalized spacial score (nSPS) is 11.7. The Morgan fingerprint density at radius 3 is 2.50 bits per heavy atom. The van der Waals surface area contributed by atoms with Crippen molar-refractivity contribution < 1.29 is 19.1 Å². The minimum absolute atomic E-state index is 0.334. The van der Waals surface area contributed by atoms with Gasteiger partial charge in [-0.3, -0.25) is 9.59 Å². The van der Waals surface area contributed by atoms with Crippen LogP contribution in [0.5, 0.6) is 0 Å². The van der Waals surface area contributed by atoms with E-state index in [4.69, 9.17) is 10.5 Å². The van der Waals surface area contributed by atoms with E-state index in [1.54, 1.807) is 35.8 Å². The van der Waals surface area contributed by atoms with Crippen molar-refractivity contribution in [1.82, 2.24) is 4.98 Å². The number of amides is 2. The van der Waals surface area contributed by atoms with E-state index in [2.05, 4.69) is 10.3 Å². The molecule has 7 nitrogen and oxygen atoms in total. The number of primary amides is 1. The highest BCUT2D eigenvalue weighted by atomic mass is 32.1. The first kappa shape index (κ1) is 17.6. The van der Waals surface area contributed by atoms with E-state index in [0.29, 0.717) is 16.8 Å². The highest BCUT2D eigenvalue weighted by molar-refractivity contribution is 7.16. The summed E-state index contributed by atoms with van der Waals surface area (Å²) in [5.41, 5.74) is 8.82. The van der Waals surface area contributed by atoms with Crippen molar-refractivity contribution >= 4 is 45.0 Å². The van der Waals surface area contributed by atoms with Gasteiger partial charge in [0.15, 0.2) is 6.10 Å². The fraction of sp³-hybridized carbons (Fsp3) is 0.111. The van der Waals surface area contributed by atoms with Gasteiger partial charge in [-0.1, -0.05) is 0 Å². The van der Waals surface area contributed by atoms with E-state index in [1.165, 1.54) is 30.4 Å². The van der Waals surface area contributed by atoms with E-state index in [9.17, 15) is 14.4 Å². The number of fused-ring (bicyclic) bond motifs is 1. The van der Waals surface area contributed by atoms with Gasteiger partial charge in [-0.15, -0.1) is 11.3 Å². The number of nitrogens with two attached hydrogens (primary N) is 1. The van der Waals surface area contributed by atoms with Crippen molar-refractivity contribution in [1.29, 1.82) is 0 Å². The molecule has 132 valence electrons. The van der Waals surface area contributed by atoms with Crippen LogP contribution in [0.4, 0.5) is 5.69 Å². The predicted octanol–water partition coefficient (Wildman–Crippen LogP) is 2.58. The lowest BCUT2D eigenvalue weighted by molar-refractivity contribution is -0.123. The molecule has 0 spiro atoms. The molecular formula is C18H15N3O4S. The van der Waals surface area contributed by atoms with E-state index in [0.717, 1.165) is 10.2 Å². The van der Waals surface area contributed by atoms with Gasteiger partial charge in [-0.2, -0.15) is 0 Å². The van der Waals surface area contributed by atoms with Gasteiger partial charge in [-0.05, 0) is 49.4 Å². The Labute approximate surface area is 152 Å². The van der Waals surface area contributed by atoms with Crippen LogP contribution in [-0.4, -0.2) is 28.9 Å². The van der Waals surface area contributed by atoms with Crippen LogP contribution in [-0.2, 0) is 9.53 Å². The Balaban J connectivity index is 1.62. The van der Waals surface area contributed by atoms with Gasteiger partial charge in [0.2, 0.25) is 5.91 Å². The quantitative estimate of drug-likeness (QED) is 0.672. The number of nitrogens with one attached hydrogen (secondary N) is 1. The molecule has 1 heterocycles. The highest BCUT2D eigenvalue weighted by Crippen LogP contribution is 2.20. The second-order valence-electron chi connectivity index (χ2n) is 5.51. The van der Waals surface area contributed by atoms with Crippen LogP contribution in [0, 0.1) is 0 Å². The fourth-order valence-electron chi connectivity index (χ4n) is 2.23. The average Bonchev–Trinajstić information content (AvgIpc) is 3.09. The lowest BCUT2D eigenvalue weighted by Gasteiger charge is -2.13. The van der Waals surface area contributed by atoms with E-state index >= 15 is 0 Å². The molecule has 0 aliphatic carbocycles. The highest BCUT2D eigenvalue weighted by Gasteiger charge is 2.19. The van der Waals surface area contributed by atoms with Crippen LogP contribution in [0.25, 0.3) is 10.2 Å². The number of esters is 1. The summed E-state index contributed by atoms with van der Waals surface area (Å²) >= 11 is 1.42. The van der Waals surface area contributed by atoms with Crippen LogP contribution >= 0.6 is 11.3 Å². The first-order chi connectivity index (χ1) is 12.4. The van der Waals surface area contributed by atoms with E-state index in [1.807, 2.05) is 0 Å². The summed E-state index contributed by atoms with van der Waals surface area (Å²) < 4.78 is 6.08. The van der Waals surface area contributed by atoms with Gasteiger partial charge in [0.05, 0.1) is 21.3 Å². The van der Waals surface area contributed by atoms with Crippen LogP contribution < -0.4 is 11.1 Å². The molecule has 8 heteroatoms. The van der Waals surface area contributed by atoms with Crippen molar-refractivity contribution in [3.05, 3.63) is 59.1 Å². The van der Waals surface area contributed by atoms with Gasteiger partial charge >= 0.3 is 5.97 Å². The molecule has 0 aliphatic heterocycles. The molecule has 1 aromatic heterocycles. The fourth-order valence-corrected chi connectivity index (χ4v) is 2.94. The second-order valence-corrected chi connectivity index (χ2v) is 6.40. The maximum atomic E-state index is 12.2. The van der Waals surface area contributed by atoms with Crippen molar-refractivity contribution in [2.24, 2.45) is 5.73 Å². The minimum atomic E-state index is -0.990. The number of anilines is 1. The monoisotopic (exact) mass is 369 g/mol. The van der Waals surface area contributed by atoms with Crippen molar-refractivity contribution in [3.8, 4) is 0 Å². The molecule has 1 atom stereocenters. The summed E-state index contributed by atoms with van der Waals surface area (Å²) in [5.74, 6) is -1.63. The second kappa shape index (κ2) is 7.32. The van der Waals surface area contributed by atoms with Gasteiger partial charge in [0.1, 0.15) is 0 Å². The first-order valence-corrected chi connectivity index (χ1v) is 8.57. The van der Waals surface area contributed by atoms with Gasteiger partial charge in [0.25, 0.3) is 5.91 Å². The number of thiazole rings is 1. The number of ether oxygens (including phenoxy) is 1. The Morgan fingerprint density at radius 2 is 1.81 bits per heavy atom. The molecule has 0 bridgehead atoms. The first-order valence-electron chi connectivity index (χ1n) is 7.69.